The van der Waals surface area contributed by atoms with Crippen molar-refractivity contribution in [1.82, 2.24) is 15.5 Å². The highest BCUT2D eigenvalue weighted by atomic mass is 32.1. The molecule has 2 aromatic heterocycles. The van der Waals surface area contributed by atoms with Gasteiger partial charge >= 0.3 is 5.97 Å². The molecule has 2 aromatic rings. The Morgan fingerprint density at radius 3 is 2.83 bits per heavy atom. The lowest BCUT2D eigenvalue weighted by Crippen LogP contribution is -2.39. The van der Waals surface area contributed by atoms with Crippen LogP contribution in [0, 0.1) is 0 Å². The van der Waals surface area contributed by atoms with Crippen molar-refractivity contribution >= 4 is 23.2 Å². The third kappa shape index (κ3) is 5.17. The Morgan fingerprint density at radius 1 is 1.39 bits per heavy atom. The molecular formula is C15H19N3O4S. The van der Waals surface area contributed by atoms with Crippen LogP contribution in [0.2, 0.25) is 0 Å². The number of amides is 1. The molecule has 0 fully saturated rings. The zero-order chi connectivity index (χ0) is 16.8. The van der Waals surface area contributed by atoms with E-state index in [1.807, 2.05) is 30.7 Å². The molecular weight excluding hydrogens is 318 g/mol. The fourth-order valence-corrected chi connectivity index (χ4v) is 2.42. The van der Waals surface area contributed by atoms with E-state index in [1.165, 1.54) is 6.92 Å². The van der Waals surface area contributed by atoms with Gasteiger partial charge in [0.25, 0.3) is 5.91 Å². The molecule has 1 N–H and O–H groups in total. The maximum Gasteiger partial charge on any atom is 0.307 e. The van der Waals surface area contributed by atoms with Crippen LogP contribution >= 0.6 is 11.3 Å². The third-order valence-corrected chi connectivity index (χ3v) is 3.58. The van der Waals surface area contributed by atoms with Crippen LogP contribution < -0.4 is 5.32 Å². The van der Waals surface area contributed by atoms with Crippen molar-refractivity contribution in [2.75, 3.05) is 0 Å². The van der Waals surface area contributed by atoms with E-state index in [0.29, 0.717) is 11.7 Å². The van der Waals surface area contributed by atoms with Gasteiger partial charge in [0.1, 0.15) is 0 Å². The fourth-order valence-electron chi connectivity index (χ4n) is 1.79. The first-order valence-electron chi connectivity index (χ1n) is 7.30. The normalized spacial score (nSPS) is 12.2. The van der Waals surface area contributed by atoms with Crippen molar-refractivity contribution in [3.8, 4) is 11.4 Å². The summed E-state index contributed by atoms with van der Waals surface area (Å²) in [5, 5.41) is 10.4. The topological polar surface area (TPSA) is 94.3 Å². The predicted octanol–water partition coefficient (Wildman–Crippen LogP) is 2.19. The molecule has 0 aromatic carbocycles. The van der Waals surface area contributed by atoms with Crippen LogP contribution in [0.1, 0.15) is 33.1 Å². The minimum atomic E-state index is -0.825. The molecule has 0 radical (unpaired) electrons. The largest absolute Gasteiger partial charge is 0.453 e. The van der Waals surface area contributed by atoms with Gasteiger partial charge in [-0.2, -0.15) is 16.3 Å². The molecule has 23 heavy (non-hydrogen) atoms. The summed E-state index contributed by atoms with van der Waals surface area (Å²) < 4.78 is 10.2. The molecule has 7 nitrogen and oxygen atoms in total. The van der Waals surface area contributed by atoms with Crippen LogP contribution in [0.4, 0.5) is 0 Å². The molecule has 0 saturated heterocycles. The molecule has 1 amide bonds. The van der Waals surface area contributed by atoms with Gasteiger partial charge in [0, 0.05) is 23.4 Å². The Balaban J connectivity index is 1.79. The number of esters is 1. The molecule has 0 aliphatic carbocycles. The molecule has 0 unspecified atom stereocenters. The molecule has 0 spiro atoms. The van der Waals surface area contributed by atoms with Crippen LogP contribution in [0.3, 0.4) is 0 Å². The van der Waals surface area contributed by atoms with E-state index in [2.05, 4.69) is 15.5 Å². The number of hydrogen-bond donors (Lipinski definition) is 1. The average molecular weight is 337 g/mol. The molecule has 2 heterocycles. The second kappa shape index (κ2) is 7.87. The van der Waals surface area contributed by atoms with Gasteiger partial charge in [-0.05, 0) is 32.2 Å². The maximum atomic E-state index is 11.8. The van der Waals surface area contributed by atoms with Crippen molar-refractivity contribution in [3.05, 3.63) is 22.7 Å². The number of nitrogens with zero attached hydrogens (tertiary/aromatic N) is 2. The first kappa shape index (κ1) is 17.1. The first-order chi connectivity index (χ1) is 11.0. The van der Waals surface area contributed by atoms with Gasteiger partial charge in [0.2, 0.25) is 11.7 Å². The van der Waals surface area contributed by atoms with Gasteiger partial charge in [-0.3, -0.25) is 9.59 Å². The molecule has 2 rings (SSSR count). The zero-order valence-corrected chi connectivity index (χ0v) is 14.1. The van der Waals surface area contributed by atoms with Gasteiger partial charge < -0.3 is 14.6 Å². The number of ether oxygens (including phenoxy) is 1. The molecule has 124 valence electrons. The third-order valence-electron chi connectivity index (χ3n) is 2.90. The molecule has 1 atom stereocenters. The standard InChI is InChI=1S/C15H19N3O4S/c1-9(2)16-15(20)10(3)21-13(19)5-4-12-17-14(18-22-12)11-6-7-23-8-11/h6-10H,4-5H2,1-3H3,(H,16,20)/t10-/m0/s1. The highest BCUT2D eigenvalue weighted by Gasteiger charge is 2.19. The van der Waals surface area contributed by atoms with Gasteiger partial charge in [0.05, 0.1) is 6.42 Å². The Morgan fingerprint density at radius 2 is 2.17 bits per heavy atom. The van der Waals surface area contributed by atoms with Crippen LogP contribution in [0.5, 0.6) is 0 Å². The summed E-state index contributed by atoms with van der Waals surface area (Å²) in [6.07, 6.45) is -0.479. The van der Waals surface area contributed by atoms with E-state index < -0.39 is 12.1 Å². The minimum Gasteiger partial charge on any atom is -0.453 e. The van der Waals surface area contributed by atoms with Gasteiger partial charge in [-0.25, -0.2) is 0 Å². The van der Waals surface area contributed by atoms with Crippen molar-refractivity contribution in [3.63, 3.8) is 0 Å². The second-order valence-electron chi connectivity index (χ2n) is 5.32. The molecule has 0 aliphatic heterocycles. The van der Waals surface area contributed by atoms with Crippen LogP contribution in [0.15, 0.2) is 21.3 Å². The quantitative estimate of drug-likeness (QED) is 0.778. The summed E-state index contributed by atoms with van der Waals surface area (Å²) >= 11 is 1.54. The SMILES string of the molecule is CC(C)NC(=O)[C@H](C)OC(=O)CCc1nc(-c2ccsc2)no1. The lowest BCUT2D eigenvalue weighted by Gasteiger charge is -2.15. The first-order valence-corrected chi connectivity index (χ1v) is 8.25. The van der Waals surface area contributed by atoms with Crippen molar-refractivity contribution < 1.29 is 18.8 Å². The lowest BCUT2D eigenvalue weighted by atomic mass is 10.3. The molecule has 0 bridgehead atoms. The maximum absolute atomic E-state index is 11.8. The average Bonchev–Trinajstić information content (AvgIpc) is 3.15. The van der Waals surface area contributed by atoms with Gasteiger partial charge in [-0.15, -0.1) is 0 Å². The van der Waals surface area contributed by atoms with Crippen molar-refractivity contribution in [1.29, 1.82) is 0 Å². The summed E-state index contributed by atoms with van der Waals surface area (Å²) in [4.78, 5) is 27.7. The summed E-state index contributed by atoms with van der Waals surface area (Å²) in [6.45, 7) is 5.22. The summed E-state index contributed by atoms with van der Waals surface area (Å²) in [5.41, 5.74) is 0.881. The molecule has 0 saturated carbocycles. The Kier molecular flexibility index (Phi) is 5.86. The smallest absolute Gasteiger partial charge is 0.307 e. The Labute approximate surface area is 138 Å². The van der Waals surface area contributed by atoms with Gasteiger partial charge in [-0.1, -0.05) is 5.16 Å². The van der Waals surface area contributed by atoms with E-state index in [-0.39, 0.29) is 24.8 Å². The number of carbonyl (C=O) groups excluding carboxylic acids is 2. The van der Waals surface area contributed by atoms with E-state index in [1.54, 1.807) is 11.3 Å². The fraction of sp³-hybridized carbons (Fsp3) is 0.467. The summed E-state index contributed by atoms with van der Waals surface area (Å²) in [5.74, 6) is 0.0688. The monoisotopic (exact) mass is 337 g/mol. The Bertz CT molecular complexity index is 651. The van der Waals surface area contributed by atoms with Crippen LogP contribution in [0.25, 0.3) is 11.4 Å². The zero-order valence-electron chi connectivity index (χ0n) is 13.2. The number of nitrogens with one attached hydrogen (secondary N) is 1. The number of carbonyl (C=O) groups is 2. The second-order valence-corrected chi connectivity index (χ2v) is 6.10. The minimum absolute atomic E-state index is 0.00225. The number of aromatic nitrogens is 2. The highest BCUT2D eigenvalue weighted by molar-refractivity contribution is 7.08. The summed E-state index contributed by atoms with van der Waals surface area (Å²) in [6, 6.07) is 1.89. The molecule has 0 aliphatic rings. The molecule has 8 heteroatoms. The van der Waals surface area contributed by atoms with Gasteiger partial charge in [0.15, 0.2) is 6.10 Å². The number of aryl methyl sites for hydroxylation is 1. The van der Waals surface area contributed by atoms with E-state index >= 15 is 0 Å². The highest BCUT2D eigenvalue weighted by Crippen LogP contribution is 2.19. The van der Waals surface area contributed by atoms with E-state index in [0.717, 1.165) is 5.56 Å². The number of hydrogen-bond acceptors (Lipinski definition) is 7. The van der Waals surface area contributed by atoms with Crippen molar-refractivity contribution in [2.45, 2.75) is 45.8 Å². The van der Waals surface area contributed by atoms with E-state index in [4.69, 9.17) is 9.26 Å². The summed E-state index contributed by atoms with van der Waals surface area (Å²) in [7, 11) is 0. The Hall–Kier alpha value is -2.22. The lowest BCUT2D eigenvalue weighted by molar-refractivity contribution is -0.155. The number of rotatable bonds is 7. The van der Waals surface area contributed by atoms with Crippen molar-refractivity contribution in [2.24, 2.45) is 0 Å². The number of thiophene rings is 1. The van der Waals surface area contributed by atoms with Crippen LogP contribution in [-0.2, 0) is 20.7 Å². The predicted molar refractivity (Wildman–Crippen MR) is 84.8 cm³/mol. The van der Waals surface area contributed by atoms with E-state index in [9.17, 15) is 9.59 Å². The van der Waals surface area contributed by atoms with Crippen LogP contribution in [-0.4, -0.2) is 34.2 Å².